The largest absolute Gasteiger partial charge is 0.381 e. The highest BCUT2D eigenvalue weighted by atomic mass is 32.1. The average Bonchev–Trinajstić information content (AvgIpc) is 2.89. The zero-order chi connectivity index (χ0) is 11.5. The van der Waals surface area contributed by atoms with Crippen LogP contribution in [0.3, 0.4) is 0 Å². The third-order valence-electron chi connectivity index (χ3n) is 2.68. The summed E-state index contributed by atoms with van der Waals surface area (Å²) in [4.78, 5) is 4.31. The van der Waals surface area contributed by atoms with Crippen LogP contribution in [-0.4, -0.2) is 4.98 Å². The minimum atomic E-state index is 0.870. The van der Waals surface area contributed by atoms with E-state index >= 15 is 0 Å². The predicted octanol–water partition coefficient (Wildman–Crippen LogP) is 3.91. The van der Waals surface area contributed by atoms with E-state index in [9.17, 15) is 0 Å². The number of hydrogen-bond acceptors (Lipinski definition) is 3. The lowest BCUT2D eigenvalue weighted by Gasteiger charge is -2.06. The summed E-state index contributed by atoms with van der Waals surface area (Å²) in [6, 6.07) is 12.4. The molecule has 2 nitrogen and oxygen atoms in total. The van der Waals surface area contributed by atoms with Crippen LogP contribution < -0.4 is 5.32 Å². The van der Waals surface area contributed by atoms with Gasteiger partial charge in [0.25, 0.3) is 0 Å². The van der Waals surface area contributed by atoms with Crippen LogP contribution in [0, 0.1) is 0 Å². The van der Waals surface area contributed by atoms with Crippen LogP contribution in [-0.2, 0) is 6.54 Å². The summed E-state index contributed by atoms with van der Waals surface area (Å²) in [6.45, 7) is 0.870. The molecule has 0 unspecified atom stereocenters. The Morgan fingerprint density at radius 3 is 3.06 bits per heavy atom. The van der Waals surface area contributed by atoms with Crippen LogP contribution in [0.2, 0.25) is 0 Å². The second kappa shape index (κ2) is 4.55. The number of anilines is 1. The fraction of sp³-hybridized carbons (Fsp3) is 0.0714. The van der Waals surface area contributed by atoms with Gasteiger partial charge in [0.2, 0.25) is 0 Å². The molecule has 1 aromatic carbocycles. The van der Waals surface area contributed by atoms with Crippen molar-refractivity contribution in [2.24, 2.45) is 0 Å². The summed E-state index contributed by atoms with van der Waals surface area (Å²) < 4.78 is 0. The fourth-order valence-electron chi connectivity index (χ4n) is 1.78. The SMILES string of the molecule is c1cnc2ccc(NCc3ccsc3)cc2c1. The van der Waals surface area contributed by atoms with E-state index in [1.54, 1.807) is 11.3 Å². The lowest BCUT2D eigenvalue weighted by Crippen LogP contribution is -1.97. The molecule has 3 aromatic rings. The van der Waals surface area contributed by atoms with Crippen molar-refractivity contribution >= 4 is 27.9 Å². The highest BCUT2D eigenvalue weighted by Gasteiger charge is 1.97. The first-order valence-corrected chi connectivity index (χ1v) is 6.46. The standard InChI is InChI=1S/C14H12N2S/c1-2-12-8-13(3-4-14(12)15-6-1)16-9-11-5-7-17-10-11/h1-8,10,16H,9H2. The molecular formula is C14H12N2S. The topological polar surface area (TPSA) is 24.9 Å². The zero-order valence-electron chi connectivity index (χ0n) is 9.26. The highest BCUT2D eigenvalue weighted by molar-refractivity contribution is 7.07. The van der Waals surface area contributed by atoms with Gasteiger partial charge in [-0.1, -0.05) is 6.07 Å². The number of nitrogens with one attached hydrogen (secondary N) is 1. The van der Waals surface area contributed by atoms with E-state index in [0.29, 0.717) is 0 Å². The molecule has 1 N–H and O–H groups in total. The van der Waals surface area contributed by atoms with E-state index in [2.05, 4.69) is 45.3 Å². The van der Waals surface area contributed by atoms with E-state index in [4.69, 9.17) is 0 Å². The number of rotatable bonds is 3. The number of fused-ring (bicyclic) bond motifs is 1. The van der Waals surface area contributed by atoms with Gasteiger partial charge in [-0.15, -0.1) is 0 Å². The van der Waals surface area contributed by atoms with Crippen molar-refractivity contribution in [3.05, 3.63) is 58.9 Å². The molecule has 0 fully saturated rings. The van der Waals surface area contributed by atoms with Crippen LogP contribution in [0.15, 0.2) is 53.4 Å². The molecule has 0 aliphatic carbocycles. The Morgan fingerprint density at radius 2 is 2.18 bits per heavy atom. The molecule has 0 amide bonds. The van der Waals surface area contributed by atoms with Crippen molar-refractivity contribution in [2.45, 2.75) is 6.54 Å². The van der Waals surface area contributed by atoms with Crippen molar-refractivity contribution < 1.29 is 0 Å². The summed E-state index contributed by atoms with van der Waals surface area (Å²) >= 11 is 1.73. The minimum Gasteiger partial charge on any atom is -0.381 e. The van der Waals surface area contributed by atoms with Crippen LogP contribution in [0.1, 0.15) is 5.56 Å². The molecule has 2 heterocycles. The molecule has 3 heteroatoms. The van der Waals surface area contributed by atoms with Gasteiger partial charge >= 0.3 is 0 Å². The maximum Gasteiger partial charge on any atom is 0.0703 e. The molecule has 0 bridgehead atoms. The maximum absolute atomic E-state index is 4.31. The Morgan fingerprint density at radius 1 is 1.18 bits per heavy atom. The third-order valence-corrected chi connectivity index (χ3v) is 3.41. The normalized spacial score (nSPS) is 10.6. The first kappa shape index (κ1) is 10.3. The van der Waals surface area contributed by atoms with Gasteiger partial charge in [-0.25, -0.2) is 0 Å². The number of thiophene rings is 1. The van der Waals surface area contributed by atoms with Crippen molar-refractivity contribution in [1.29, 1.82) is 0 Å². The van der Waals surface area contributed by atoms with Gasteiger partial charge in [-0.3, -0.25) is 4.98 Å². The number of nitrogens with zero attached hydrogens (tertiary/aromatic N) is 1. The van der Waals surface area contributed by atoms with E-state index in [1.807, 2.05) is 18.3 Å². The minimum absolute atomic E-state index is 0.870. The summed E-state index contributed by atoms with van der Waals surface area (Å²) in [5.41, 5.74) is 3.49. The average molecular weight is 240 g/mol. The zero-order valence-corrected chi connectivity index (χ0v) is 10.1. The van der Waals surface area contributed by atoms with Crippen LogP contribution in [0.4, 0.5) is 5.69 Å². The van der Waals surface area contributed by atoms with Gasteiger partial charge in [0.1, 0.15) is 0 Å². The highest BCUT2D eigenvalue weighted by Crippen LogP contribution is 2.18. The van der Waals surface area contributed by atoms with Crippen LogP contribution in [0.25, 0.3) is 10.9 Å². The van der Waals surface area contributed by atoms with Gasteiger partial charge in [0.15, 0.2) is 0 Å². The number of aromatic nitrogens is 1. The van der Waals surface area contributed by atoms with Crippen LogP contribution >= 0.6 is 11.3 Å². The number of benzene rings is 1. The molecule has 0 aliphatic rings. The van der Waals surface area contributed by atoms with Crippen LogP contribution in [0.5, 0.6) is 0 Å². The van der Waals surface area contributed by atoms with Gasteiger partial charge in [0.05, 0.1) is 5.52 Å². The lowest BCUT2D eigenvalue weighted by atomic mass is 10.2. The van der Waals surface area contributed by atoms with Gasteiger partial charge in [-0.05, 0) is 46.7 Å². The molecular weight excluding hydrogens is 228 g/mol. The van der Waals surface area contributed by atoms with Crippen molar-refractivity contribution in [3.63, 3.8) is 0 Å². The fourth-order valence-corrected chi connectivity index (χ4v) is 2.45. The molecule has 0 saturated carbocycles. The molecule has 2 aromatic heterocycles. The summed E-state index contributed by atoms with van der Waals surface area (Å²) in [5.74, 6) is 0. The molecule has 17 heavy (non-hydrogen) atoms. The summed E-state index contributed by atoms with van der Waals surface area (Å²) in [7, 11) is 0. The lowest BCUT2D eigenvalue weighted by molar-refractivity contribution is 1.17. The van der Waals surface area contributed by atoms with Gasteiger partial charge < -0.3 is 5.32 Å². The maximum atomic E-state index is 4.31. The molecule has 0 aliphatic heterocycles. The van der Waals surface area contributed by atoms with E-state index in [1.165, 1.54) is 10.9 Å². The summed E-state index contributed by atoms with van der Waals surface area (Å²) in [6.07, 6.45) is 1.82. The Labute approximate surface area is 104 Å². The van der Waals surface area contributed by atoms with E-state index < -0.39 is 0 Å². The van der Waals surface area contributed by atoms with Crippen molar-refractivity contribution in [1.82, 2.24) is 4.98 Å². The molecule has 0 radical (unpaired) electrons. The third kappa shape index (κ3) is 2.29. The van der Waals surface area contributed by atoms with Crippen molar-refractivity contribution in [2.75, 3.05) is 5.32 Å². The first-order valence-electron chi connectivity index (χ1n) is 5.51. The second-order valence-electron chi connectivity index (χ2n) is 3.90. The Kier molecular flexibility index (Phi) is 2.76. The Hall–Kier alpha value is -1.87. The molecule has 0 saturated heterocycles. The summed E-state index contributed by atoms with van der Waals surface area (Å²) in [5, 5.41) is 8.85. The van der Waals surface area contributed by atoms with Gasteiger partial charge in [-0.2, -0.15) is 11.3 Å². The quantitative estimate of drug-likeness (QED) is 0.750. The molecule has 84 valence electrons. The molecule has 0 spiro atoms. The van der Waals surface area contributed by atoms with E-state index in [-0.39, 0.29) is 0 Å². The van der Waals surface area contributed by atoms with Gasteiger partial charge in [0, 0.05) is 23.8 Å². The monoisotopic (exact) mass is 240 g/mol. The number of pyridine rings is 1. The van der Waals surface area contributed by atoms with Crippen molar-refractivity contribution in [3.8, 4) is 0 Å². The first-order chi connectivity index (χ1) is 8.42. The number of hydrogen-bond donors (Lipinski definition) is 1. The predicted molar refractivity (Wildman–Crippen MR) is 73.4 cm³/mol. The smallest absolute Gasteiger partial charge is 0.0703 e. The molecule has 0 atom stereocenters. The Bertz CT molecular complexity index is 617. The van der Waals surface area contributed by atoms with E-state index in [0.717, 1.165) is 17.7 Å². The molecule has 3 rings (SSSR count). The Balaban J connectivity index is 1.81. The second-order valence-corrected chi connectivity index (χ2v) is 4.68.